The van der Waals surface area contributed by atoms with Gasteiger partial charge in [-0.2, -0.15) is 0 Å². The summed E-state index contributed by atoms with van der Waals surface area (Å²) < 4.78 is 0. The minimum absolute atomic E-state index is 0.0307. The first kappa shape index (κ1) is 16.6. The Morgan fingerprint density at radius 2 is 1.84 bits per heavy atom. The number of amides is 2. The topological polar surface area (TPSA) is 60.9 Å². The Balaban J connectivity index is 1.51. The molecule has 0 atom stereocenters. The molecule has 0 aromatic heterocycles. The summed E-state index contributed by atoms with van der Waals surface area (Å²) in [7, 11) is 0. The molecule has 0 unspecified atom stereocenters. The summed E-state index contributed by atoms with van der Waals surface area (Å²) in [6, 6.07) is 8.06. The first-order valence-corrected chi connectivity index (χ1v) is 9.41. The lowest BCUT2D eigenvalue weighted by Crippen LogP contribution is -2.51. The molecule has 2 aliphatic heterocycles. The quantitative estimate of drug-likeness (QED) is 0.916. The Kier molecular flexibility index (Phi) is 3.87. The first-order chi connectivity index (χ1) is 12.0. The highest BCUT2D eigenvalue weighted by Gasteiger charge is 2.52. The van der Waals surface area contributed by atoms with E-state index < -0.39 is 11.0 Å². The van der Waals surface area contributed by atoms with E-state index >= 15 is 0 Å². The molecule has 2 amide bonds. The molecule has 2 heterocycles. The van der Waals surface area contributed by atoms with E-state index in [0.717, 1.165) is 30.5 Å². The van der Waals surface area contributed by atoms with E-state index in [2.05, 4.69) is 6.07 Å². The van der Waals surface area contributed by atoms with Crippen molar-refractivity contribution in [1.82, 2.24) is 4.90 Å². The molecule has 1 aromatic rings. The predicted octanol–water partition coefficient (Wildman–Crippen LogP) is 2.22. The first-order valence-electron chi connectivity index (χ1n) is 9.41. The zero-order valence-corrected chi connectivity index (χ0v) is 14.8. The summed E-state index contributed by atoms with van der Waals surface area (Å²) in [6.07, 6.45) is 4.03. The highest BCUT2D eigenvalue weighted by Crippen LogP contribution is 2.48. The number of carbonyl (C=O) groups is 2. The van der Waals surface area contributed by atoms with Crippen LogP contribution in [0.4, 0.5) is 5.69 Å². The van der Waals surface area contributed by atoms with E-state index in [0.29, 0.717) is 32.5 Å². The van der Waals surface area contributed by atoms with E-state index in [1.807, 2.05) is 34.9 Å². The van der Waals surface area contributed by atoms with Gasteiger partial charge in [0.2, 0.25) is 11.8 Å². The van der Waals surface area contributed by atoms with Crippen LogP contribution in [0.5, 0.6) is 0 Å². The van der Waals surface area contributed by atoms with Gasteiger partial charge in [-0.05, 0) is 50.7 Å². The van der Waals surface area contributed by atoms with Crippen molar-refractivity contribution in [3.05, 3.63) is 29.8 Å². The largest absolute Gasteiger partial charge is 0.389 e. The van der Waals surface area contributed by atoms with Crippen molar-refractivity contribution in [1.29, 1.82) is 0 Å². The standard InChI is InChI=1S/C20H26N2O3/c1-2-22-16-7-4-3-6-15(16)20(18(22)24)10-12-21(13-11-20)17(23)14-19(25)8-5-9-19/h3-4,6-7,25H,2,5,8-14H2,1H3. The van der Waals surface area contributed by atoms with Gasteiger partial charge >= 0.3 is 0 Å². The monoisotopic (exact) mass is 342 g/mol. The number of fused-ring (bicyclic) bond motifs is 2. The number of benzene rings is 1. The molecule has 0 radical (unpaired) electrons. The van der Waals surface area contributed by atoms with Crippen molar-refractivity contribution in [3.63, 3.8) is 0 Å². The fourth-order valence-corrected chi connectivity index (χ4v) is 4.69. The smallest absolute Gasteiger partial charge is 0.237 e. The fraction of sp³-hybridized carbons (Fsp3) is 0.600. The summed E-state index contributed by atoms with van der Waals surface area (Å²) in [4.78, 5) is 29.4. The van der Waals surface area contributed by atoms with Crippen LogP contribution in [0.2, 0.25) is 0 Å². The van der Waals surface area contributed by atoms with E-state index in [4.69, 9.17) is 0 Å². The van der Waals surface area contributed by atoms with Gasteiger partial charge < -0.3 is 14.9 Å². The van der Waals surface area contributed by atoms with E-state index in [-0.39, 0.29) is 18.2 Å². The molecule has 1 saturated heterocycles. The highest BCUT2D eigenvalue weighted by molar-refractivity contribution is 6.08. The second-order valence-electron chi connectivity index (χ2n) is 7.78. The number of aliphatic hydroxyl groups is 1. The van der Waals surface area contributed by atoms with E-state index in [1.165, 1.54) is 0 Å². The molecular formula is C20H26N2O3. The van der Waals surface area contributed by atoms with Crippen LogP contribution in [-0.4, -0.2) is 47.1 Å². The van der Waals surface area contributed by atoms with Crippen LogP contribution in [0.3, 0.4) is 0 Å². The van der Waals surface area contributed by atoms with E-state index in [1.54, 1.807) is 0 Å². The number of rotatable bonds is 3. The van der Waals surface area contributed by atoms with Gasteiger partial charge in [0.05, 0.1) is 17.4 Å². The Labute approximate surface area is 148 Å². The van der Waals surface area contributed by atoms with Gasteiger partial charge in [0.1, 0.15) is 0 Å². The Hall–Kier alpha value is -1.88. The van der Waals surface area contributed by atoms with Crippen LogP contribution in [0.25, 0.3) is 0 Å². The fourth-order valence-electron chi connectivity index (χ4n) is 4.69. The number of likely N-dealkylation sites (tertiary alicyclic amines) is 1. The molecule has 1 spiro atoms. The SMILES string of the molecule is CCN1C(=O)C2(CCN(C(=O)CC3(O)CCC3)CC2)c2ccccc21. The zero-order valence-electron chi connectivity index (χ0n) is 14.8. The van der Waals surface area contributed by atoms with Gasteiger partial charge in [-0.25, -0.2) is 0 Å². The summed E-state index contributed by atoms with van der Waals surface area (Å²) >= 11 is 0. The number of likely N-dealkylation sites (N-methyl/N-ethyl adjacent to an activating group) is 1. The number of carbonyl (C=O) groups excluding carboxylic acids is 2. The molecule has 3 aliphatic rings. The summed E-state index contributed by atoms with van der Waals surface area (Å²) in [6.45, 7) is 3.86. The molecule has 1 aliphatic carbocycles. The molecule has 2 fully saturated rings. The Morgan fingerprint density at radius 1 is 1.16 bits per heavy atom. The molecule has 1 aromatic carbocycles. The van der Waals surface area contributed by atoms with Gasteiger partial charge in [-0.1, -0.05) is 18.2 Å². The lowest BCUT2D eigenvalue weighted by Gasteiger charge is -2.41. The van der Waals surface area contributed by atoms with Crippen LogP contribution in [-0.2, 0) is 15.0 Å². The average molecular weight is 342 g/mol. The zero-order chi connectivity index (χ0) is 17.7. The number of piperidine rings is 1. The van der Waals surface area contributed by atoms with E-state index in [9.17, 15) is 14.7 Å². The molecule has 1 saturated carbocycles. The number of hydrogen-bond donors (Lipinski definition) is 1. The average Bonchev–Trinajstić information content (AvgIpc) is 2.83. The number of para-hydroxylation sites is 1. The number of nitrogens with zero attached hydrogens (tertiary/aromatic N) is 2. The van der Waals surface area contributed by atoms with Crippen molar-refractivity contribution in [2.24, 2.45) is 0 Å². The van der Waals surface area contributed by atoms with Gasteiger partial charge in [-0.15, -0.1) is 0 Å². The Morgan fingerprint density at radius 3 is 2.44 bits per heavy atom. The second-order valence-corrected chi connectivity index (χ2v) is 7.78. The van der Waals surface area contributed by atoms with Crippen molar-refractivity contribution >= 4 is 17.5 Å². The predicted molar refractivity (Wildman–Crippen MR) is 95.4 cm³/mol. The molecule has 5 nitrogen and oxygen atoms in total. The van der Waals surface area contributed by atoms with Crippen molar-refractivity contribution in [3.8, 4) is 0 Å². The van der Waals surface area contributed by atoms with Crippen LogP contribution in [0, 0.1) is 0 Å². The lowest BCUT2D eigenvalue weighted by atomic mass is 9.73. The normalized spacial score (nSPS) is 23.5. The summed E-state index contributed by atoms with van der Waals surface area (Å²) in [5.41, 5.74) is 0.891. The van der Waals surface area contributed by atoms with Crippen LogP contribution in [0.1, 0.15) is 51.0 Å². The lowest BCUT2D eigenvalue weighted by molar-refractivity contribution is -0.143. The number of anilines is 1. The summed E-state index contributed by atoms with van der Waals surface area (Å²) in [5.74, 6) is 0.212. The van der Waals surface area contributed by atoms with Crippen molar-refractivity contribution < 1.29 is 14.7 Å². The second kappa shape index (κ2) is 5.84. The van der Waals surface area contributed by atoms with Crippen LogP contribution in [0.15, 0.2) is 24.3 Å². The molecule has 25 heavy (non-hydrogen) atoms. The minimum Gasteiger partial charge on any atom is -0.389 e. The Bertz CT molecular complexity index is 703. The van der Waals surface area contributed by atoms with Crippen LogP contribution >= 0.6 is 0 Å². The van der Waals surface area contributed by atoms with Gasteiger partial charge in [0.15, 0.2) is 0 Å². The molecular weight excluding hydrogens is 316 g/mol. The molecule has 5 heteroatoms. The van der Waals surface area contributed by atoms with Gasteiger partial charge in [-0.3, -0.25) is 9.59 Å². The summed E-state index contributed by atoms with van der Waals surface area (Å²) in [5, 5.41) is 10.2. The maximum Gasteiger partial charge on any atom is 0.237 e. The third kappa shape index (κ3) is 2.48. The molecule has 0 bridgehead atoms. The third-order valence-electron chi connectivity index (χ3n) is 6.42. The van der Waals surface area contributed by atoms with Crippen LogP contribution < -0.4 is 4.90 Å². The molecule has 134 valence electrons. The third-order valence-corrected chi connectivity index (χ3v) is 6.42. The minimum atomic E-state index is -0.777. The molecule has 4 rings (SSSR count). The maximum absolute atomic E-state index is 13.1. The van der Waals surface area contributed by atoms with Gasteiger partial charge in [0.25, 0.3) is 0 Å². The number of hydrogen-bond acceptors (Lipinski definition) is 3. The van der Waals surface area contributed by atoms with Crippen molar-refractivity contribution in [2.45, 2.75) is 56.5 Å². The van der Waals surface area contributed by atoms with Gasteiger partial charge in [0, 0.05) is 25.3 Å². The highest BCUT2D eigenvalue weighted by atomic mass is 16.3. The van der Waals surface area contributed by atoms with Crippen molar-refractivity contribution in [2.75, 3.05) is 24.5 Å². The molecule has 1 N–H and O–H groups in total. The maximum atomic E-state index is 13.1.